The first-order chi connectivity index (χ1) is 15.6. The number of hydrogen-bond donors (Lipinski definition) is 4. The normalized spacial score (nSPS) is 12.1. The minimum absolute atomic E-state index is 0.200. The molecule has 0 radical (unpaired) electrons. The van der Waals surface area contributed by atoms with Crippen LogP contribution in [-0.2, 0) is 6.42 Å². The van der Waals surface area contributed by atoms with Crippen LogP contribution in [0.4, 0.5) is 0 Å². The monoisotopic (exact) mass is 513 g/mol. The van der Waals surface area contributed by atoms with Gasteiger partial charge in [-0.05, 0) is 40.0 Å². The number of carbonyl (C=O) groups is 1. The minimum atomic E-state index is -0.222. The summed E-state index contributed by atoms with van der Waals surface area (Å²) in [5.41, 5.74) is 14.5. The van der Waals surface area contributed by atoms with Gasteiger partial charge in [-0.2, -0.15) is 0 Å². The van der Waals surface area contributed by atoms with Crippen molar-refractivity contribution in [2.45, 2.75) is 12.5 Å². The minimum Gasteiger partial charge on any atom is -0.489 e. The first-order valence-corrected chi connectivity index (χ1v) is 11.9. The van der Waals surface area contributed by atoms with Crippen molar-refractivity contribution in [2.24, 2.45) is 11.5 Å². The molecule has 9 heteroatoms. The van der Waals surface area contributed by atoms with E-state index in [-0.39, 0.29) is 11.9 Å². The van der Waals surface area contributed by atoms with E-state index in [1.54, 1.807) is 6.20 Å². The second kappa shape index (κ2) is 10.3. The number of nitrogens with zero attached hydrogens (tertiary/aromatic N) is 1. The highest BCUT2D eigenvalue weighted by atomic mass is 79.9. The van der Waals surface area contributed by atoms with Gasteiger partial charge in [-0.25, -0.2) is 4.98 Å². The first-order valence-electron chi connectivity index (χ1n) is 10.2. The van der Waals surface area contributed by atoms with Crippen LogP contribution in [0, 0.1) is 0 Å². The lowest BCUT2D eigenvalue weighted by molar-refractivity contribution is 0.0938. The predicted octanol–water partition coefficient (Wildman–Crippen LogP) is 3.69. The van der Waals surface area contributed by atoms with Gasteiger partial charge in [0.25, 0.3) is 5.91 Å². The summed E-state index contributed by atoms with van der Waals surface area (Å²) in [6, 6.07) is 13.7. The molecule has 1 unspecified atom stereocenters. The molecule has 3 heterocycles. The standard InChI is InChI=1S/C23H24BrN5O2S/c24-18-19(31-11-8-25)21(23(30)29-15(13-26)12-14-4-2-1-3-5-14)32-20(18)16-6-9-27-22-17(16)7-10-28-22/h1-7,9-10,15H,8,11-13,25-26H2,(H,27,28)(H,29,30). The largest absolute Gasteiger partial charge is 0.489 e. The first kappa shape index (κ1) is 22.5. The molecule has 166 valence electrons. The summed E-state index contributed by atoms with van der Waals surface area (Å²) in [5, 5.41) is 4.04. The van der Waals surface area contributed by atoms with Crippen LogP contribution in [0.25, 0.3) is 21.5 Å². The number of aromatic amines is 1. The average Bonchev–Trinajstić information content (AvgIpc) is 3.42. The third-order valence-corrected chi connectivity index (χ3v) is 7.25. The van der Waals surface area contributed by atoms with E-state index < -0.39 is 0 Å². The van der Waals surface area contributed by atoms with Gasteiger partial charge >= 0.3 is 0 Å². The molecule has 0 saturated carbocycles. The molecule has 1 amide bonds. The highest BCUT2D eigenvalue weighted by Crippen LogP contribution is 2.47. The Balaban J connectivity index is 1.67. The smallest absolute Gasteiger partial charge is 0.265 e. The van der Waals surface area contributed by atoms with Crippen LogP contribution in [0.3, 0.4) is 0 Å². The zero-order chi connectivity index (χ0) is 22.5. The van der Waals surface area contributed by atoms with Gasteiger partial charge in [0.1, 0.15) is 17.1 Å². The molecule has 0 saturated heterocycles. The Hall–Kier alpha value is -2.72. The molecule has 4 aromatic rings. The van der Waals surface area contributed by atoms with Crippen molar-refractivity contribution in [2.75, 3.05) is 19.7 Å². The fourth-order valence-corrected chi connectivity index (χ4v) is 5.49. The molecule has 32 heavy (non-hydrogen) atoms. The van der Waals surface area contributed by atoms with Gasteiger partial charge in [-0.3, -0.25) is 4.79 Å². The van der Waals surface area contributed by atoms with Crippen LogP contribution in [0.1, 0.15) is 15.2 Å². The summed E-state index contributed by atoms with van der Waals surface area (Å²) in [5.74, 6) is 0.267. The van der Waals surface area contributed by atoms with E-state index in [0.717, 1.165) is 31.5 Å². The number of thiophene rings is 1. The van der Waals surface area contributed by atoms with Crippen LogP contribution in [0.5, 0.6) is 5.75 Å². The van der Waals surface area contributed by atoms with E-state index in [1.807, 2.05) is 48.7 Å². The van der Waals surface area contributed by atoms with Crippen molar-refractivity contribution in [3.8, 4) is 16.2 Å². The van der Waals surface area contributed by atoms with Crippen LogP contribution in [0.2, 0.25) is 0 Å². The molecule has 6 N–H and O–H groups in total. The number of carbonyl (C=O) groups excluding carboxylic acids is 1. The highest BCUT2D eigenvalue weighted by molar-refractivity contribution is 9.10. The van der Waals surface area contributed by atoms with Crippen LogP contribution in [0.15, 0.2) is 59.3 Å². The van der Waals surface area contributed by atoms with E-state index >= 15 is 0 Å². The number of aromatic nitrogens is 2. The third kappa shape index (κ3) is 4.71. The van der Waals surface area contributed by atoms with Gasteiger partial charge in [0.2, 0.25) is 0 Å². The Kier molecular flexibility index (Phi) is 7.21. The van der Waals surface area contributed by atoms with Gasteiger partial charge in [-0.15, -0.1) is 11.3 Å². The number of fused-ring (bicyclic) bond motifs is 1. The molecule has 3 aromatic heterocycles. The molecule has 0 bridgehead atoms. The fourth-order valence-electron chi connectivity index (χ4n) is 3.51. The van der Waals surface area contributed by atoms with E-state index in [0.29, 0.717) is 36.7 Å². The maximum absolute atomic E-state index is 13.3. The lowest BCUT2D eigenvalue weighted by atomic mass is 10.1. The molecule has 1 aromatic carbocycles. The number of benzene rings is 1. The van der Waals surface area contributed by atoms with E-state index in [1.165, 1.54) is 11.3 Å². The fraction of sp³-hybridized carbons (Fsp3) is 0.217. The van der Waals surface area contributed by atoms with Crippen molar-refractivity contribution in [3.05, 3.63) is 69.8 Å². The quantitative estimate of drug-likeness (QED) is 0.272. The predicted molar refractivity (Wildman–Crippen MR) is 132 cm³/mol. The SMILES string of the molecule is NCCOc1c(C(=O)NC(CN)Cc2ccccc2)sc(-c2ccnc3[nH]ccc23)c1Br. The number of hydrogen-bond acceptors (Lipinski definition) is 6. The number of nitrogens with one attached hydrogen (secondary N) is 2. The van der Waals surface area contributed by atoms with Crippen molar-refractivity contribution in [1.82, 2.24) is 15.3 Å². The Morgan fingerprint density at radius 2 is 2.03 bits per heavy atom. The Labute approximate surface area is 198 Å². The maximum Gasteiger partial charge on any atom is 0.265 e. The summed E-state index contributed by atoms with van der Waals surface area (Å²) in [6.07, 6.45) is 4.23. The van der Waals surface area contributed by atoms with Gasteiger partial charge in [0.05, 0.1) is 9.35 Å². The van der Waals surface area contributed by atoms with Crippen LogP contribution in [-0.4, -0.2) is 41.6 Å². The van der Waals surface area contributed by atoms with Crippen LogP contribution >= 0.6 is 27.3 Å². The highest BCUT2D eigenvalue weighted by Gasteiger charge is 2.26. The molecule has 0 fully saturated rings. The number of amides is 1. The Morgan fingerprint density at radius 1 is 1.22 bits per heavy atom. The summed E-state index contributed by atoms with van der Waals surface area (Å²) in [7, 11) is 0. The zero-order valence-electron chi connectivity index (χ0n) is 17.3. The summed E-state index contributed by atoms with van der Waals surface area (Å²) < 4.78 is 6.61. The average molecular weight is 514 g/mol. The number of pyridine rings is 1. The number of nitrogens with two attached hydrogens (primary N) is 2. The van der Waals surface area contributed by atoms with Gasteiger partial charge < -0.3 is 26.5 Å². The molecular formula is C23H24BrN5O2S. The van der Waals surface area contributed by atoms with Crippen molar-refractivity contribution < 1.29 is 9.53 Å². The second-order valence-electron chi connectivity index (χ2n) is 7.23. The topological polar surface area (TPSA) is 119 Å². The number of halogens is 1. The molecule has 4 rings (SSSR count). The third-order valence-electron chi connectivity index (χ3n) is 5.03. The molecule has 0 aliphatic carbocycles. The van der Waals surface area contributed by atoms with E-state index in [9.17, 15) is 4.79 Å². The summed E-state index contributed by atoms with van der Waals surface area (Å²) in [6.45, 7) is 0.970. The number of H-pyrrole nitrogens is 1. The number of ether oxygens (including phenoxy) is 1. The molecule has 1 atom stereocenters. The zero-order valence-corrected chi connectivity index (χ0v) is 19.7. The lowest BCUT2D eigenvalue weighted by Crippen LogP contribution is -2.41. The molecular weight excluding hydrogens is 490 g/mol. The second-order valence-corrected chi connectivity index (χ2v) is 9.05. The van der Waals surface area contributed by atoms with Gasteiger partial charge in [0, 0.05) is 42.5 Å². The van der Waals surface area contributed by atoms with Crippen molar-refractivity contribution in [1.29, 1.82) is 0 Å². The maximum atomic E-state index is 13.3. The molecule has 7 nitrogen and oxygen atoms in total. The lowest BCUT2D eigenvalue weighted by Gasteiger charge is -2.17. The summed E-state index contributed by atoms with van der Waals surface area (Å²) >= 11 is 5.03. The van der Waals surface area contributed by atoms with Crippen LogP contribution < -0.4 is 21.5 Å². The Morgan fingerprint density at radius 3 is 2.78 bits per heavy atom. The van der Waals surface area contributed by atoms with E-state index in [4.69, 9.17) is 16.2 Å². The molecule has 0 aliphatic rings. The Bertz CT molecular complexity index is 1210. The summed E-state index contributed by atoms with van der Waals surface area (Å²) in [4.78, 5) is 22.1. The molecule has 0 spiro atoms. The van der Waals surface area contributed by atoms with E-state index in [2.05, 4.69) is 31.2 Å². The van der Waals surface area contributed by atoms with Gasteiger partial charge in [0.15, 0.2) is 5.75 Å². The van der Waals surface area contributed by atoms with Crippen molar-refractivity contribution in [3.63, 3.8) is 0 Å². The molecule has 0 aliphatic heterocycles. The van der Waals surface area contributed by atoms with Crippen molar-refractivity contribution >= 4 is 44.2 Å². The number of rotatable bonds is 9. The van der Waals surface area contributed by atoms with Gasteiger partial charge in [-0.1, -0.05) is 30.3 Å².